The largest absolute Gasteiger partial charge is 0.465 e. The number of alkyl halides is 2. The molecule has 0 unspecified atom stereocenters. The number of hydrogen-bond donors (Lipinski definition) is 0. The number of anilines is 1. The highest BCUT2D eigenvalue weighted by Gasteiger charge is 2.53. The molecule has 1 aliphatic rings. The van der Waals surface area contributed by atoms with Crippen LogP contribution in [0.5, 0.6) is 0 Å². The van der Waals surface area contributed by atoms with Crippen molar-refractivity contribution in [3.05, 3.63) is 33.4 Å². The number of carbonyl (C=O) groups excluding carboxylic acids is 2. The van der Waals surface area contributed by atoms with Crippen LogP contribution in [0, 0.1) is 10.1 Å². The minimum atomic E-state index is -3.86. The number of nitro groups is 1. The van der Waals surface area contributed by atoms with Gasteiger partial charge >= 0.3 is 17.8 Å². The van der Waals surface area contributed by atoms with Crippen LogP contribution in [-0.2, 0) is 15.5 Å². The Kier molecular flexibility index (Phi) is 2.92. The van der Waals surface area contributed by atoms with Gasteiger partial charge in [-0.2, -0.15) is 8.78 Å². The molecule has 0 aliphatic carbocycles. The van der Waals surface area contributed by atoms with E-state index in [0.717, 1.165) is 20.2 Å². The summed E-state index contributed by atoms with van der Waals surface area (Å²) in [4.78, 5) is 33.4. The number of fused-ring (bicyclic) bond motifs is 1. The maximum Gasteiger partial charge on any atom is 0.352 e. The fraction of sp³-hybridized carbons (Fsp3) is 0.273. The van der Waals surface area contributed by atoms with Crippen LogP contribution in [0.15, 0.2) is 12.1 Å². The monoisotopic (exact) mass is 286 g/mol. The molecule has 2 rings (SSSR count). The van der Waals surface area contributed by atoms with Crippen LogP contribution in [-0.4, -0.2) is 31.0 Å². The number of nitrogens with zero attached hydrogens (tertiary/aromatic N) is 2. The number of rotatable bonds is 2. The highest BCUT2D eigenvalue weighted by atomic mass is 19.3. The van der Waals surface area contributed by atoms with Crippen LogP contribution in [0.4, 0.5) is 20.2 Å². The van der Waals surface area contributed by atoms with E-state index in [0.29, 0.717) is 11.0 Å². The number of carbonyl (C=O) groups is 2. The van der Waals surface area contributed by atoms with E-state index in [-0.39, 0.29) is 5.69 Å². The van der Waals surface area contributed by atoms with Crippen molar-refractivity contribution in [2.75, 3.05) is 19.1 Å². The second-order valence-electron chi connectivity index (χ2n) is 4.07. The Morgan fingerprint density at radius 1 is 1.45 bits per heavy atom. The number of esters is 1. The van der Waals surface area contributed by atoms with Crippen LogP contribution in [0.3, 0.4) is 0 Å². The van der Waals surface area contributed by atoms with Crippen molar-refractivity contribution in [1.82, 2.24) is 0 Å². The van der Waals surface area contributed by atoms with Crippen molar-refractivity contribution in [2.24, 2.45) is 0 Å². The van der Waals surface area contributed by atoms with Crippen LogP contribution in [0.25, 0.3) is 0 Å². The number of hydrogen-bond acceptors (Lipinski definition) is 5. The third-order valence-electron chi connectivity index (χ3n) is 2.99. The van der Waals surface area contributed by atoms with E-state index in [4.69, 9.17) is 0 Å². The third-order valence-corrected chi connectivity index (χ3v) is 2.99. The summed E-state index contributed by atoms with van der Waals surface area (Å²) in [5.41, 5.74) is -2.39. The summed E-state index contributed by atoms with van der Waals surface area (Å²) in [6.45, 7) is 0. The molecule has 0 radical (unpaired) electrons. The molecule has 0 aromatic heterocycles. The van der Waals surface area contributed by atoms with Crippen LogP contribution in [0.2, 0.25) is 0 Å². The van der Waals surface area contributed by atoms with E-state index in [1.807, 2.05) is 0 Å². The van der Waals surface area contributed by atoms with E-state index in [1.54, 1.807) is 0 Å². The fourth-order valence-electron chi connectivity index (χ4n) is 1.97. The molecule has 0 atom stereocenters. The smallest absolute Gasteiger partial charge is 0.352 e. The second kappa shape index (κ2) is 4.22. The molecule has 0 fully saturated rings. The first-order valence-electron chi connectivity index (χ1n) is 5.29. The van der Waals surface area contributed by atoms with Gasteiger partial charge in [-0.15, -0.1) is 0 Å². The van der Waals surface area contributed by atoms with Crippen molar-refractivity contribution < 1.29 is 28.0 Å². The summed E-state index contributed by atoms with van der Waals surface area (Å²) in [6, 6.07) is 1.39. The van der Waals surface area contributed by atoms with Crippen molar-refractivity contribution in [3.8, 4) is 0 Å². The number of nitro benzene ring substituents is 1. The zero-order chi connectivity index (χ0) is 15.2. The molecule has 106 valence electrons. The predicted molar refractivity (Wildman–Crippen MR) is 61.7 cm³/mol. The average Bonchev–Trinajstić information content (AvgIpc) is 2.58. The molecule has 0 saturated carbocycles. The number of amides is 1. The van der Waals surface area contributed by atoms with Gasteiger partial charge in [0.1, 0.15) is 5.56 Å². The quantitative estimate of drug-likeness (QED) is 0.466. The molecule has 20 heavy (non-hydrogen) atoms. The van der Waals surface area contributed by atoms with Crippen molar-refractivity contribution in [2.45, 2.75) is 5.92 Å². The van der Waals surface area contributed by atoms with E-state index < -0.39 is 39.5 Å². The third kappa shape index (κ3) is 1.70. The lowest BCUT2D eigenvalue weighted by Gasteiger charge is -2.10. The van der Waals surface area contributed by atoms with Gasteiger partial charge in [0.25, 0.3) is 5.69 Å². The molecule has 0 N–H and O–H groups in total. The molecule has 9 heteroatoms. The number of benzene rings is 1. The highest BCUT2D eigenvalue weighted by molar-refractivity contribution is 6.07. The first kappa shape index (κ1) is 13.8. The van der Waals surface area contributed by atoms with Gasteiger partial charge in [-0.05, 0) is 6.07 Å². The molecule has 1 aromatic carbocycles. The lowest BCUT2D eigenvalue weighted by molar-refractivity contribution is -0.385. The maximum absolute atomic E-state index is 13.7. The van der Waals surface area contributed by atoms with Gasteiger partial charge in [0.05, 0.1) is 23.3 Å². The molecule has 1 amide bonds. The maximum atomic E-state index is 13.7. The van der Waals surface area contributed by atoms with Gasteiger partial charge in [0.2, 0.25) is 0 Å². The zero-order valence-electron chi connectivity index (χ0n) is 10.3. The molecular formula is C11H8F2N2O5. The molecular weight excluding hydrogens is 278 g/mol. The molecule has 1 heterocycles. The standard InChI is InChI=1S/C11H8F2N2O5/c1-14-8-3-5(9(16)20-2)7(15(18)19)4-6(8)11(12,13)10(14)17/h3-4H,1-2H3. The Morgan fingerprint density at radius 2 is 2.05 bits per heavy atom. The van der Waals surface area contributed by atoms with Gasteiger partial charge in [0, 0.05) is 13.1 Å². The Bertz CT molecular complexity index is 644. The predicted octanol–water partition coefficient (Wildman–Crippen LogP) is 1.45. The Balaban J connectivity index is 2.76. The average molecular weight is 286 g/mol. The minimum Gasteiger partial charge on any atom is -0.465 e. The molecule has 0 bridgehead atoms. The Labute approximate surface area is 110 Å². The van der Waals surface area contributed by atoms with Gasteiger partial charge in [-0.1, -0.05) is 0 Å². The Morgan fingerprint density at radius 3 is 2.55 bits per heavy atom. The van der Waals surface area contributed by atoms with Crippen molar-refractivity contribution in [3.63, 3.8) is 0 Å². The normalized spacial score (nSPS) is 16.0. The van der Waals surface area contributed by atoms with Crippen molar-refractivity contribution in [1.29, 1.82) is 0 Å². The molecule has 7 nitrogen and oxygen atoms in total. The summed E-state index contributed by atoms with van der Waals surface area (Å²) < 4.78 is 31.8. The molecule has 0 spiro atoms. The topological polar surface area (TPSA) is 89.7 Å². The number of ether oxygens (including phenoxy) is 1. The molecule has 0 saturated heterocycles. The summed E-state index contributed by atoms with van der Waals surface area (Å²) in [5.74, 6) is -6.41. The summed E-state index contributed by atoms with van der Waals surface area (Å²) in [7, 11) is 2.09. The number of likely N-dealkylation sites (N-methyl/N-ethyl adjacent to an activating group) is 1. The van der Waals surface area contributed by atoms with E-state index >= 15 is 0 Å². The van der Waals surface area contributed by atoms with Crippen molar-refractivity contribution >= 4 is 23.3 Å². The van der Waals surface area contributed by atoms with Crippen LogP contribution in [0.1, 0.15) is 15.9 Å². The zero-order valence-corrected chi connectivity index (χ0v) is 10.3. The first-order chi connectivity index (χ1) is 9.21. The SMILES string of the molecule is COC(=O)c1cc2c(cc1[N+](=O)[O-])C(F)(F)C(=O)N2C. The summed E-state index contributed by atoms with van der Waals surface area (Å²) in [5, 5.41) is 10.9. The van der Waals surface area contributed by atoms with E-state index in [9.17, 15) is 28.5 Å². The number of methoxy groups -OCH3 is 1. The Hall–Kier alpha value is -2.58. The van der Waals surface area contributed by atoms with Gasteiger partial charge in [0.15, 0.2) is 0 Å². The van der Waals surface area contributed by atoms with Gasteiger partial charge in [-0.25, -0.2) is 4.79 Å². The van der Waals surface area contributed by atoms with E-state index in [1.165, 1.54) is 0 Å². The second-order valence-corrected chi connectivity index (χ2v) is 4.07. The lowest BCUT2D eigenvalue weighted by atomic mass is 10.0. The molecule has 1 aromatic rings. The number of halogens is 2. The minimum absolute atomic E-state index is 0.258. The fourth-order valence-corrected chi connectivity index (χ4v) is 1.97. The first-order valence-corrected chi connectivity index (χ1v) is 5.29. The molecule has 1 aliphatic heterocycles. The summed E-state index contributed by atoms with van der Waals surface area (Å²) >= 11 is 0. The summed E-state index contributed by atoms with van der Waals surface area (Å²) in [6.07, 6.45) is 0. The van der Waals surface area contributed by atoms with E-state index in [2.05, 4.69) is 4.74 Å². The van der Waals surface area contributed by atoms with Gasteiger partial charge in [-0.3, -0.25) is 14.9 Å². The van der Waals surface area contributed by atoms with Gasteiger partial charge < -0.3 is 9.64 Å². The van der Waals surface area contributed by atoms with Crippen LogP contribution >= 0.6 is 0 Å². The van der Waals surface area contributed by atoms with Crippen LogP contribution < -0.4 is 4.90 Å². The lowest BCUT2D eigenvalue weighted by Crippen LogP contribution is -2.31. The highest BCUT2D eigenvalue weighted by Crippen LogP contribution is 2.46.